The quantitative estimate of drug-likeness (QED) is 0.795. The third-order valence-corrected chi connectivity index (χ3v) is 3.15. The van der Waals surface area contributed by atoms with Crippen molar-refractivity contribution in [1.82, 2.24) is 0 Å². The lowest BCUT2D eigenvalue weighted by Crippen LogP contribution is -2.16. The molecule has 0 aliphatic rings. The SMILES string of the molecule is O=C(O)/C=C/c1ccc(-c2ccc(OC(F)(F)F)cc2)cc1Cl. The van der Waals surface area contributed by atoms with Gasteiger partial charge >= 0.3 is 12.3 Å². The number of aliphatic carboxylic acids is 1. The van der Waals surface area contributed by atoms with Crippen LogP contribution >= 0.6 is 11.6 Å². The zero-order valence-electron chi connectivity index (χ0n) is 11.5. The summed E-state index contributed by atoms with van der Waals surface area (Å²) in [6, 6.07) is 10.3. The van der Waals surface area contributed by atoms with Gasteiger partial charge in [-0.3, -0.25) is 0 Å². The molecule has 0 aliphatic carbocycles. The Labute approximate surface area is 134 Å². The highest BCUT2D eigenvalue weighted by Gasteiger charge is 2.30. The van der Waals surface area contributed by atoms with Crippen LogP contribution in [-0.4, -0.2) is 17.4 Å². The van der Waals surface area contributed by atoms with Crippen molar-refractivity contribution in [2.45, 2.75) is 6.36 Å². The van der Waals surface area contributed by atoms with Gasteiger partial charge in [-0.25, -0.2) is 4.79 Å². The average molecular weight is 343 g/mol. The van der Waals surface area contributed by atoms with Gasteiger partial charge in [-0.1, -0.05) is 35.9 Å². The van der Waals surface area contributed by atoms with Crippen LogP contribution in [0.5, 0.6) is 5.75 Å². The Kier molecular flexibility index (Phi) is 4.95. The third kappa shape index (κ3) is 5.03. The first kappa shape index (κ1) is 16.9. The molecule has 23 heavy (non-hydrogen) atoms. The van der Waals surface area contributed by atoms with Gasteiger partial charge < -0.3 is 9.84 Å². The lowest BCUT2D eigenvalue weighted by molar-refractivity contribution is -0.274. The van der Waals surface area contributed by atoms with Crippen LogP contribution in [-0.2, 0) is 4.79 Å². The minimum absolute atomic E-state index is 0.312. The molecule has 3 nitrogen and oxygen atoms in total. The van der Waals surface area contributed by atoms with Gasteiger partial charge in [-0.2, -0.15) is 0 Å². The monoisotopic (exact) mass is 342 g/mol. The molecule has 120 valence electrons. The van der Waals surface area contributed by atoms with Gasteiger partial charge in [0.15, 0.2) is 0 Å². The number of carbonyl (C=O) groups is 1. The van der Waals surface area contributed by atoms with Gasteiger partial charge in [0.25, 0.3) is 0 Å². The summed E-state index contributed by atoms with van der Waals surface area (Å²) >= 11 is 6.06. The molecule has 2 aromatic carbocycles. The fraction of sp³-hybridized carbons (Fsp3) is 0.0625. The number of rotatable bonds is 4. The standard InChI is InChI=1S/C16H10ClF3O3/c17-14-9-12(2-1-11(14)5-8-15(21)22)10-3-6-13(7-4-10)23-16(18,19)20/h1-9H,(H,21,22)/b8-5+. The van der Waals surface area contributed by atoms with Gasteiger partial charge in [0, 0.05) is 11.1 Å². The molecule has 0 heterocycles. The Morgan fingerprint density at radius 3 is 2.22 bits per heavy atom. The third-order valence-electron chi connectivity index (χ3n) is 2.83. The molecule has 0 atom stereocenters. The number of hydrogen-bond acceptors (Lipinski definition) is 2. The van der Waals surface area contributed by atoms with E-state index in [1.807, 2.05) is 0 Å². The van der Waals surface area contributed by atoms with E-state index in [0.717, 1.165) is 6.08 Å². The van der Waals surface area contributed by atoms with E-state index in [2.05, 4.69) is 4.74 Å². The molecule has 2 rings (SSSR count). The second-order valence-electron chi connectivity index (χ2n) is 4.48. The lowest BCUT2D eigenvalue weighted by Gasteiger charge is -2.10. The van der Waals surface area contributed by atoms with E-state index in [1.165, 1.54) is 30.3 Å². The Morgan fingerprint density at radius 2 is 1.70 bits per heavy atom. The van der Waals surface area contributed by atoms with E-state index in [-0.39, 0.29) is 5.75 Å². The minimum atomic E-state index is -4.73. The molecule has 0 saturated heterocycles. The first-order valence-electron chi connectivity index (χ1n) is 6.31. The van der Waals surface area contributed by atoms with Crippen LogP contribution in [0.1, 0.15) is 5.56 Å². The summed E-state index contributed by atoms with van der Waals surface area (Å²) in [5.74, 6) is -1.40. The maximum absolute atomic E-state index is 12.1. The Balaban J connectivity index is 2.22. The maximum atomic E-state index is 12.1. The lowest BCUT2D eigenvalue weighted by atomic mass is 10.0. The van der Waals surface area contributed by atoms with Gasteiger partial charge in [-0.05, 0) is 41.0 Å². The average Bonchev–Trinajstić information content (AvgIpc) is 2.45. The van der Waals surface area contributed by atoms with Crippen molar-refractivity contribution in [2.75, 3.05) is 0 Å². The number of halogens is 4. The van der Waals surface area contributed by atoms with E-state index >= 15 is 0 Å². The second kappa shape index (κ2) is 6.75. The molecule has 7 heteroatoms. The maximum Gasteiger partial charge on any atom is 0.573 e. The number of carboxylic acids is 1. The molecule has 2 aromatic rings. The molecule has 0 bridgehead atoms. The van der Waals surface area contributed by atoms with E-state index < -0.39 is 12.3 Å². The summed E-state index contributed by atoms with van der Waals surface area (Å²) < 4.78 is 40.1. The van der Waals surface area contributed by atoms with E-state index in [1.54, 1.807) is 18.2 Å². The second-order valence-corrected chi connectivity index (χ2v) is 4.89. The molecule has 0 fully saturated rings. The van der Waals surface area contributed by atoms with Crippen molar-refractivity contribution in [3.05, 3.63) is 59.1 Å². The zero-order valence-corrected chi connectivity index (χ0v) is 12.2. The van der Waals surface area contributed by atoms with Crippen molar-refractivity contribution in [3.63, 3.8) is 0 Å². The first-order valence-corrected chi connectivity index (χ1v) is 6.69. The first-order chi connectivity index (χ1) is 10.7. The van der Waals surface area contributed by atoms with Crippen LogP contribution in [0.3, 0.4) is 0 Å². The van der Waals surface area contributed by atoms with Crippen molar-refractivity contribution in [2.24, 2.45) is 0 Å². The number of benzene rings is 2. The zero-order chi connectivity index (χ0) is 17.0. The van der Waals surface area contributed by atoms with Gasteiger partial charge in [0.1, 0.15) is 5.75 Å². The van der Waals surface area contributed by atoms with Crippen molar-refractivity contribution in [1.29, 1.82) is 0 Å². The fourth-order valence-corrected chi connectivity index (χ4v) is 2.10. The van der Waals surface area contributed by atoms with Crippen LogP contribution in [0, 0.1) is 0 Å². The van der Waals surface area contributed by atoms with Crippen LogP contribution in [0.15, 0.2) is 48.5 Å². The molecule has 0 aliphatic heterocycles. The Morgan fingerprint density at radius 1 is 1.09 bits per heavy atom. The number of alkyl halides is 3. The Hall–Kier alpha value is -2.47. The van der Waals surface area contributed by atoms with Crippen LogP contribution in [0.25, 0.3) is 17.2 Å². The number of hydrogen-bond donors (Lipinski definition) is 1. The summed E-state index contributed by atoms with van der Waals surface area (Å²) in [5, 5.41) is 8.91. The van der Waals surface area contributed by atoms with Gasteiger partial charge in [-0.15, -0.1) is 13.2 Å². The van der Waals surface area contributed by atoms with Gasteiger partial charge in [0.05, 0.1) is 0 Å². The summed E-state index contributed by atoms with van der Waals surface area (Å²) in [4.78, 5) is 10.5. The highest BCUT2D eigenvalue weighted by Crippen LogP contribution is 2.29. The van der Waals surface area contributed by atoms with E-state index in [4.69, 9.17) is 16.7 Å². The summed E-state index contributed by atoms with van der Waals surface area (Å²) in [5.41, 5.74) is 1.85. The van der Waals surface area contributed by atoms with E-state index in [0.29, 0.717) is 21.7 Å². The summed E-state index contributed by atoms with van der Waals surface area (Å²) in [7, 11) is 0. The topological polar surface area (TPSA) is 46.5 Å². The van der Waals surface area contributed by atoms with Crippen LogP contribution in [0.2, 0.25) is 5.02 Å². The Bertz CT molecular complexity index is 737. The number of carboxylic acid groups (broad SMARTS) is 1. The number of ether oxygens (including phenoxy) is 1. The predicted octanol–water partition coefficient (Wildman–Crippen LogP) is 5.00. The molecule has 0 saturated carbocycles. The van der Waals surface area contributed by atoms with Crippen molar-refractivity contribution < 1.29 is 27.8 Å². The molecule has 0 amide bonds. The highest BCUT2D eigenvalue weighted by atomic mass is 35.5. The molecular formula is C16H10ClF3O3. The van der Waals surface area contributed by atoms with Crippen LogP contribution in [0.4, 0.5) is 13.2 Å². The summed E-state index contributed by atoms with van der Waals surface area (Å²) in [6.45, 7) is 0. The molecule has 0 unspecified atom stereocenters. The van der Waals surface area contributed by atoms with Crippen molar-refractivity contribution >= 4 is 23.6 Å². The molecule has 1 N–H and O–H groups in total. The van der Waals surface area contributed by atoms with Gasteiger partial charge in [0.2, 0.25) is 0 Å². The molecule has 0 radical (unpaired) electrons. The predicted molar refractivity (Wildman–Crippen MR) is 80.2 cm³/mol. The highest BCUT2D eigenvalue weighted by molar-refractivity contribution is 6.32. The molecule has 0 aromatic heterocycles. The van der Waals surface area contributed by atoms with Crippen LogP contribution < -0.4 is 4.74 Å². The smallest absolute Gasteiger partial charge is 0.478 e. The van der Waals surface area contributed by atoms with E-state index in [9.17, 15) is 18.0 Å². The summed E-state index contributed by atoms with van der Waals surface area (Å²) in [6.07, 6.45) is -2.41. The fourth-order valence-electron chi connectivity index (χ4n) is 1.85. The molecular weight excluding hydrogens is 333 g/mol. The normalized spacial score (nSPS) is 11.7. The largest absolute Gasteiger partial charge is 0.573 e. The van der Waals surface area contributed by atoms with Crippen molar-refractivity contribution in [3.8, 4) is 16.9 Å². The minimum Gasteiger partial charge on any atom is -0.478 e. The molecule has 0 spiro atoms.